The molecule has 1 unspecified atom stereocenters. The van der Waals surface area contributed by atoms with Crippen LogP contribution in [0.5, 0.6) is 5.75 Å². The molecule has 1 atom stereocenters. The van der Waals surface area contributed by atoms with Gasteiger partial charge in [-0.25, -0.2) is 0 Å². The van der Waals surface area contributed by atoms with E-state index in [2.05, 4.69) is 190 Å². The molecule has 0 aromatic heterocycles. The van der Waals surface area contributed by atoms with Crippen LogP contribution in [0.15, 0.2) is 187 Å². The van der Waals surface area contributed by atoms with Gasteiger partial charge in [-0.1, -0.05) is 185 Å². The van der Waals surface area contributed by atoms with E-state index in [9.17, 15) is 0 Å². The summed E-state index contributed by atoms with van der Waals surface area (Å²) in [6.07, 6.45) is 6.74. The van der Waals surface area contributed by atoms with E-state index >= 15 is 0 Å². The van der Waals surface area contributed by atoms with Gasteiger partial charge in [0.2, 0.25) is 6.71 Å². The molecule has 0 radical (unpaired) electrons. The van der Waals surface area contributed by atoms with Crippen molar-refractivity contribution in [3.63, 3.8) is 0 Å². The normalized spacial score (nSPS) is 16.5. The van der Waals surface area contributed by atoms with Crippen molar-refractivity contribution in [2.24, 2.45) is 0 Å². The van der Waals surface area contributed by atoms with Crippen LogP contribution >= 0.6 is 0 Å². The lowest BCUT2D eigenvalue weighted by atomic mass is 9.34. The molecule has 8 aromatic carbocycles. The lowest BCUT2D eigenvalue weighted by Crippen LogP contribution is -2.54. The van der Waals surface area contributed by atoms with Crippen LogP contribution in [0.25, 0.3) is 43.8 Å². The Morgan fingerprint density at radius 1 is 0.491 bits per heavy atom. The zero-order valence-electron chi connectivity index (χ0n) is 31.1. The van der Waals surface area contributed by atoms with Crippen molar-refractivity contribution in [2.45, 2.75) is 32.1 Å². The van der Waals surface area contributed by atoms with E-state index < -0.39 is 5.41 Å². The van der Waals surface area contributed by atoms with Crippen molar-refractivity contribution in [3.05, 3.63) is 215 Å². The maximum absolute atomic E-state index is 6.67. The molecule has 0 fully saturated rings. The second-order valence-electron chi connectivity index (χ2n) is 15.5. The molecule has 1 heterocycles. The Bertz CT molecular complexity index is 2860. The minimum atomic E-state index is -0.455. The largest absolute Gasteiger partial charge is 0.457 e. The van der Waals surface area contributed by atoms with Crippen LogP contribution in [0.4, 0.5) is 0 Å². The zero-order valence-corrected chi connectivity index (χ0v) is 31.1. The number of allylic oxidation sites excluding steroid dienone is 3. The number of aryl methyl sites for hydroxylation is 2. The molecule has 0 bridgehead atoms. The van der Waals surface area contributed by atoms with Crippen LogP contribution in [0.3, 0.4) is 0 Å². The Labute approximate surface area is 323 Å². The molecule has 11 rings (SSSR count). The van der Waals surface area contributed by atoms with E-state index in [0.29, 0.717) is 0 Å². The van der Waals surface area contributed by atoms with Gasteiger partial charge in [0.05, 0.1) is 5.41 Å². The van der Waals surface area contributed by atoms with Gasteiger partial charge in [-0.2, -0.15) is 0 Å². The van der Waals surface area contributed by atoms with Crippen LogP contribution in [0.1, 0.15) is 40.7 Å². The van der Waals surface area contributed by atoms with Crippen LogP contribution < -0.4 is 21.1 Å². The molecule has 1 nitrogen and oxygen atoms in total. The Kier molecular flexibility index (Phi) is 7.20. The summed E-state index contributed by atoms with van der Waals surface area (Å²) in [4.78, 5) is 0. The van der Waals surface area contributed by atoms with Gasteiger partial charge in [-0.15, -0.1) is 0 Å². The smallest absolute Gasteiger partial charge is 0.243 e. The first kappa shape index (κ1) is 32.1. The Morgan fingerprint density at radius 3 is 1.87 bits per heavy atom. The van der Waals surface area contributed by atoms with Crippen LogP contribution in [-0.2, 0) is 5.41 Å². The Balaban J connectivity index is 1.16. The first-order chi connectivity index (χ1) is 27.1. The standard InChI is InChI=1S/C53H39BO/c1-34-26-28-36-14-3-5-18-41(36)51(34)54(52-35(2)27-29-37-15-4-6-19-42(37)52)40-17-13-16-38(32-40)39-30-31-44-43-20-7-8-21-45(43)53(48(44)33-39)46-22-9-11-24-49(46)55-50-25-12-10-23-47(50)53/h3-9,11,13-33H,10,12H2,1-2H3. The number of hydrogen-bond acceptors (Lipinski definition) is 1. The number of hydrogen-bond donors (Lipinski definition) is 0. The summed E-state index contributed by atoms with van der Waals surface area (Å²) in [7, 11) is 0. The Hall–Kier alpha value is -6.38. The fraction of sp³-hybridized carbons (Fsp3) is 0.0943. The van der Waals surface area contributed by atoms with E-state index in [-0.39, 0.29) is 6.71 Å². The monoisotopic (exact) mass is 702 g/mol. The summed E-state index contributed by atoms with van der Waals surface area (Å²) in [6.45, 7) is 4.60. The minimum Gasteiger partial charge on any atom is -0.457 e. The molecular weight excluding hydrogens is 663 g/mol. The van der Waals surface area contributed by atoms with Crippen LogP contribution in [0.2, 0.25) is 0 Å². The van der Waals surface area contributed by atoms with Crippen molar-refractivity contribution < 1.29 is 4.74 Å². The van der Waals surface area contributed by atoms with Crippen molar-refractivity contribution in [1.82, 2.24) is 0 Å². The molecule has 1 aliphatic heterocycles. The highest BCUT2D eigenvalue weighted by Crippen LogP contribution is 2.62. The van der Waals surface area contributed by atoms with E-state index in [1.807, 2.05) is 0 Å². The highest BCUT2D eigenvalue weighted by Gasteiger charge is 2.52. The summed E-state index contributed by atoms with van der Waals surface area (Å²) >= 11 is 0. The van der Waals surface area contributed by atoms with Crippen molar-refractivity contribution >= 4 is 44.6 Å². The van der Waals surface area contributed by atoms with Crippen molar-refractivity contribution in [2.75, 3.05) is 0 Å². The molecule has 55 heavy (non-hydrogen) atoms. The third-order valence-corrected chi connectivity index (χ3v) is 12.6. The van der Waals surface area contributed by atoms with Crippen molar-refractivity contribution in [1.29, 1.82) is 0 Å². The van der Waals surface area contributed by atoms with Gasteiger partial charge < -0.3 is 4.74 Å². The lowest BCUT2D eigenvalue weighted by molar-refractivity contribution is 0.383. The molecule has 1 spiro atoms. The zero-order chi connectivity index (χ0) is 36.7. The number of para-hydroxylation sites is 1. The SMILES string of the molecule is Cc1ccc2ccccc2c1B(c1cccc(-c2ccc3c(c2)C2(C4=CCCC=C4Oc4ccccc42)c2ccccc2-3)c1)c1c(C)ccc2ccccc12. The molecule has 0 saturated carbocycles. The topological polar surface area (TPSA) is 9.23 Å². The average molecular weight is 703 g/mol. The van der Waals surface area contributed by atoms with E-state index in [4.69, 9.17) is 4.74 Å². The minimum absolute atomic E-state index is 0.0321. The quantitative estimate of drug-likeness (QED) is 0.166. The van der Waals surface area contributed by atoms with Gasteiger partial charge in [-0.05, 0) is 99.8 Å². The van der Waals surface area contributed by atoms with Crippen LogP contribution in [-0.4, -0.2) is 6.71 Å². The molecule has 0 N–H and O–H groups in total. The lowest BCUT2D eigenvalue weighted by Gasteiger charge is -2.42. The molecule has 2 heteroatoms. The van der Waals surface area contributed by atoms with E-state index in [0.717, 1.165) is 24.4 Å². The van der Waals surface area contributed by atoms with Gasteiger partial charge in [-0.3, -0.25) is 0 Å². The van der Waals surface area contributed by atoms with Crippen molar-refractivity contribution in [3.8, 4) is 28.0 Å². The number of fused-ring (bicyclic) bond motifs is 11. The number of benzene rings is 8. The molecular formula is C53H39BO. The van der Waals surface area contributed by atoms with Crippen LogP contribution in [0, 0.1) is 13.8 Å². The average Bonchev–Trinajstić information content (AvgIpc) is 3.52. The summed E-state index contributed by atoms with van der Waals surface area (Å²) in [5.41, 5.74) is 16.4. The van der Waals surface area contributed by atoms with Gasteiger partial charge in [0, 0.05) is 11.1 Å². The third-order valence-electron chi connectivity index (χ3n) is 12.6. The predicted molar refractivity (Wildman–Crippen MR) is 232 cm³/mol. The molecule has 0 saturated heterocycles. The fourth-order valence-corrected chi connectivity index (χ4v) is 10.2. The number of ether oxygens (including phenoxy) is 1. The second-order valence-corrected chi connectivity index (χ2v) is 15.5. The number of rotatable bonds is 4. The van der Waals surface area contributed by atoms with Gasteiger partial charge in [0.15, 0.2) is 0 Å². The second kappa shape index (κ2) is 12.3. The molecule has 8 aromatic rings. The molecule has 2 aliphatic carbocycles. The summed E-state index contributed by atoms with van der Waals surface area (Å²) < 4.78 is 6.67. The summed E-state index contributed by atoms with van der Waals surface area (Å²) in [5.74, 6) is 1.94. The Morgan fingerprint density at radius 2 is 1.11 bits per heavy atom. The predicted octanol–water partition coefficient (Wildman–Crippen LogP) is 11.1. The maximum atomic E-state index is 6.67. The highest BCUT2D eigenvalue weighted by molar-refractivity contribution is 6.98. The summed E-state index contributed by atoms with van der Waals surface area (Å²) in [6, 6.07) is 61.2. The first-order valence-electron chi connectivity index (χ1n) is 19.6. The highest BCUT2D eigenvalue weighted by atomic mass is 16.5. The fourth-order valence-electron chi connectivity index (χ4n) is 10.2. The first-order valence-corrected chi connectivity index (χ1v) is 19.6. The molecule has 260 valence electrons. The maximum Gasteiger partial charge on any atom is 0.243 e. The van der Waals surface area contributed by atoms with E-state index in [1.165, 1.54) is 93.6 Å². The third kappa shape index (κ3) is 4.67. The van der Waals surface area contributed by atoms with Gasteiger partial charge in [0.25, 0.3) is 0 Å². The van der Waals surface area contributed by atoms with E-state index in [1.54, 1.807) is 0 Å². The van der Waals surface area contributed by atoms with Gasteiger partial charge >= 0.3 is 0 Å². The molecule has 3 aliphatic rings. The summed E-state index contributed by atoms with van der Waals surface area (Å²) in [5, 5.41) is 5.16. The van der Waals surface area contributed by atoms with Gasteiger partial charge in [0.1, 0.15) is 11.5 Å². The molecule has 0 amide bonds.